The second kappa shape index (κ2) is 10.0. The van der Waals surface area contributed by atoms with Gasteiger partial charge in [-0.05, 0) is 60.9 Å². The zero-order valence-electron chi connectivity index (χ0n) is 19.9. The third-order valence-electron chi connectivity index (χ3n) is 5.61. The summed E-state index contributed by atoms with van der Waals surface area (Å²) in [5.41, 5.74) is 0.176. The lowest BCUT2D eigenvalue weighted by Gasteiger charge is -2.19. The average Bonchev–Trinajstić information content (AvgIpc) is 3.17. The zero-order chi connectivity index (χ0) is 26.8. The number of carbonyl (C=O) groups is 1. The number of carbonyl (C=O) groups excluding carboxylic acids is 1. The summed E-state index contributed by atoms with van der Waals surface area (Å²) in [5.74, 6) is -0.960. The van der Waals surface area contributed by atoms with Gasteiger partial charge >= 0.3 is 12.1 Å². The number of esters is 1. The molecule has 1 aromatic heterocycles. The molecule has 188 valence electrons. The number of para-hydroxylation sites is 1. The number of alkyl halides is 3. The molecule has 0 fully saturated rings. The van der Waals surface area contributed by atoms with Gasteiger partial charge in [-0.1, -0.05) is 32.0 Å². The van der Waals surface area contributed by atoms with E-state index in [2.05, 4.69) is 4.74 Å². The van der Waals surface area contributed by atoms with E-state index in [0.717, 1.165) is 25.3 Å². The third kappa shape index (κ3) is 5.06. The Kier molecular flexibility index (Phi) is 7.46. The summed E-state index contributed by atoms with van der Waals surface area (Å²) in [4.78, 5) is 10.9. The van der Waals surface area contributed by atoms with Crippen molar-refractivity contribution in [2.24, 2.45) is 0 Å². The van der Waals surface area contributed by atoms with Gasteiger partial charge in [0.15, 0.2) is 0 Å². The minimum Gasteiger partial charge on any atom is -0.465 e. The van der Waals surface area contributed by atoms with E-state index in [-0.39, 0.29) is 27.6 Å². The highest BCUT2D eigenvalue weighted by atomic mass is 32.2. The molecule has 0 saturated carbocycles. The number of sulfone groups is 1. The fourth-order valence-corrected chi connectivity index (χ4v) is 4.99. The Hall–Kier alpha value is -3.84. The molecule has 0 unspecified atom stereocenters. The number of nitrogens with zero attached hydrogens (tertiary/aromatic N) is 2. The molecule has 0 N–H and O–H groups in total. The highest BCUT2D eigenvalue weighted by Gasteiger charge is 2.34. The van der Waals surface area contributed by atoms with Crippen LogP contribution in [0.25, 0.3) is 11.8 Å². The average molecular weight is 517 g/mol. The van der Waals surface area contributed by atoms with Crippen molar-refractivity contribution in [2.45, 2.75) is 37.8 Å². The van der Waals surface area contributed by atoms with Crippen LogP contribution in [-0.2, 0) is 20.8 Å². The number of rotatable bonds is 6. The summed E-state index contributed by atoms with van der Waals surface area (Å²) >= 11 is 0. The number of allylic oxidation sites excluding steroid dienone is 1. The topological polar surface area (TPSA) is 89.2 Å². The Bertz CT molecular complexity index is 1490. The van der Waals surface area contributed by atoms with Gasteiger partial charge in [0.05, 0.1) is 28.8 Å². The first kappa shape index (κ1) is 26.8. The van der Waals surface area contributed by atoms with Crippen molar-refractivity contribution >= 4 is 21.9 Å². The minimum atomic E-state index is -4.61. The van der Waals surface area contributed by atoms with Gasteiger partial charge < -0.3 is 9.30 Å². The molecule has 0 radical (unpaired) electrons. The van der Waals surface area contributed by atoms with E-state index in [0.29, 0.717) is 11.4 Å². The molecule has 0 atom stereocenters. The fraction of sp³-hybridized carbons (Fsp3) is 0.231. The van der Waals surface area contributed by atoms with E-state index in [4.69, 9.17) is 0 Å². The van der Waals surface area contributed by atoms with Crippen molar-refractivity contribution in [1.82, 2.24) is 4.57 Å². The van der Waals surface area contributed by atoms with Crippen molar-refractivity contribution in [2.75, 3.05) is 7.11 Å². The van der Waals surface area contributed by atoms with Gasteiger partial charge in [-0.15, -0.1) is 0 Å². The molecule has 36 heavy (non-hydrogen) atoms. The third-order valence-corrected chi connectivity index (χ3v) is 7.27. The lowest BCUT2D eigenvalue weighted by atomic mass is 10.1. The summed E-state index contributed by atoms with van der Waals surface area (Å²) in [6, 6.07) is 13.4. The van der Waals surface area contributed by atoms with Crippen LogP contribution in [0.2, 0.25) is 0 Å². The molecule has 2 aromatic carbocycles. The van der Waals surface area contributed by atoms with Crippen LogP contribution in [0.5, 0.6) is 0 Å². The number of hydrogen-bond acceptors (Lipinski definition) is 5. The van der Waals surface area contributed by atoms with Gasteiger partial charge in [-0.2, -0.15) is 18.4 Å². The largest absolute Gasteiger partial charge is 0.465 e. The molecule has 0 saturated heterocycles. The Labute approximate surface area is 207 Å². The van der Waals surface area contributed by atoms with E-state index < -0.39 is 32.5 Å². The van der Waals surface area contributed by atoms with E-state index >= 15 is 0 Å². The van der Waals surface area contributed by atoms with E-state index in [1.54, 1.807) is 32.9 Å². The highest BCUT2D eigenvalue weighted by molar-refractivity contribution is 7.95. The molecule has 1 heterocycles. The van der Waals surface area contributed by atoms with Crippen LogP contribution in [0.3, 0.4) is 0 Å². The molecule has 0 aliphatic carbocycles. The van der Waals surface area contributed by atoms with Gasteiger partial charge in [0.25, 0.3) is 0 Å². The molecule has 0 aliphatic heterocycles. The second-order valence-electron chi connectivity index (χ2n) is 8.26. The Morgan fingerprint density at radius 3 is 2.36 bits per heavy atom. The van der Waals surface area contributed by atoms with Crippen LogP contribution in [-0.4, -0.2) is 26.1 Å². The molecule has 0 bridgehead atoms. The number of benzene rings is 2. The maximum absolute atomic E-state index is 13.7. The highest BCUT2D eigenvalue weighted by Crippen LogP contribution is 2.37. The molecule has 0 aliphatic rings. The normalized spacial score (nSPS) is 12.5. The Balaban J connectivity index is 2.22. The molecule has 3 rings (SSSR count). The van der Waals surface area contributed by atoms with Gasteiger partial charge in [0.1, 0.15) is 11.0 Å². The van der Waals surface area contributed by atoms with E-state index in [1.807, 2.05) is 0 Å². The SMILES string of the molecule is COC(=O)c1cccc(S(=O)(=O)/C(C#N)=C/c2cc(C(C)C)n(-c3ccccc3C(F)(F)F)c2C)c1. The first-order valence-corrected chi connectivity index (χ1v) is 12.2. The summed E-state index contributed by atoms with van der Waals surface area (Å²) in [6.45, 7) is 5.16. The maximum atomic E-state index is 13.7. The van der Waals surface area contributed by atoms with Crippen molar-refractivity contribution in [3.63, 3.8) is 0 Å². The number of aromatic nitrogens is 1. The van der Waals surface area contributed by atoms with Crippen molar-refractivity contribution in [3.8, 4) is 11.8 Å². The van der Waals surface area contributed by atoms with Gasteiger partial charge in [0.2, 0.25) is 9.84 Å². The van der Waals surface area contributed by atoms with Crippen LogP contribution < -0.4 is 0 Å². The lowest BCUT2D eigenvalue weighted by molar-refractivity contribution is -0.137. The summed E-state index contributed by atoms with van der Waals surface area (Å²) in [5, 5.41) is 9.71. The Morgan fingerprint density at radius 2 is 1.78 bits per heavy atom. The fourth-order valence-electron chi connectivity index (χ4n) is 3.80. The number of ether oxygens (including phenoxy) is 1. The smallest absolute Gasteiger partial charge is 0.418 e. The number of nitriles is 1. The van der Waals surface area contributed by atoms with Gasteiger partial charge in [-0.25, -0.2) is 13.2 Å². The first-order valence-electron chi connectivity index (χ1n) is 10.8. The molecule has 0 amide bonds. The number of methoxy groups -OCH3 is 1. The van der Waals surface area contributed by atoms with E-state index in [9.17, 15) is 31.6 Å². The van der Waals surface area contributed by atoms with Crippen molar-refractivity contribution in [3.05, 3.63) is 87.6 Å². The van der Waals surface area contributed by atoms with Crippen LogP contribution >= 0.6 is 0 Å². The summed E-state index contributed by atoms with van der Waals surface area (Å²) in [7, 11) is -3.19. The van der Waals surface area contributed by atoms with E-state index in [1.165, 1.54) is 41.0 Å². The summed E-state index contributed by atoms with van der Waals surface area (Å²) in [6.07, 6.45) is -3.47. The Morgan fingerprint density at radius 1 is 1.11 bits per heavy atom. The van der Waals surface area contributed by atoms with Crippen LogP contribution in [0.4, 0.5) is 13.2 Å². The zero-order valence-corrected chi connectivity index (χ0v) is 20.7. The lowest BCUT2D eigenvalue weighted by Crippen LogP contribution is -2.13. The van der Waals surface area contributed by atoms with Crippen LogP contribution in [0.15, 0.2) is 64.4 Å². The van der Waals surface area contributed by atoms with Gasteiger partial charge in [-0.3, -0.25) is 0 Å². The second-order valence-corrected chi connectivity index (χ2v) is 10.2. The molecule has 0 spiro atoms. The van der Waals surface area contributed by atoms with Crippen LogP contribution in [0.1, 0.15) is 52.6 Å². The predicted octanol–water partition coefficient (Wildman–Crippen LogP) is 6.05. The quantitative estimate of drug-likeness (QED) is 0.294. The summed E-state index contributed by atoms with van der Waals surface area (Å²) < 4.78 is 73.7. The standard InChI is InChI=1S/C26H23F3N2O4S/c1-16(2)24-14-19(17(3)31(24)23-11-6-5-10-22(23)26(27,28)29)13-21(15-30)36(33,34)20-9-7-8-18(12-20)25(32)35-4/h5-14,16H,1-4H3/b21-13+. The molecule has 6 nitrogen and oxygen atoms in total. The van der Waals surface area contributed by atoms with Crippen molar-refractivity contribution in [1.29, 1.82) is 5.26 Å². The molecule has 3 aromatic rings. The molecule has 10 heteroatoms. The molecular formula is C26H23F3N2O4S. The number of hydrogen-bond donors (Lipinski definition) is 0. The molecular weight excluding hydrogens is 493 g/mol. The van der Waals surface area contributed by atoms with Crippen molar-refractivity contribution < 1.29 is 31.1 Å². The van der Waals surface area contributed by atoms with Crippen LogP contribution in [0, 0.1) is 18.3 Å². The van der Waals surface area contributed by atoms with Gasteiger partial charge in [0, 0.05) is 11.4 Å². The minimum absolute atomic E-state index is 0.0101. The number of halogens is 3. The first-order chi connectivity index (χ1) is 16.8. The monoisotopic (exact) mass is 516 g/mol. The maximum Gasteiger partial charge on any atom is 0.418 e. The predicted molar refractivity (Wildman–Crippen MR) is 128 cm³/mol.